The first kappa shape index (κ1) is 130. The summed E-state index contributed by atoms with van der Waals surface area (Å²) in [6.07, 6.45) is 0. The molecule has 0 amide bonds. The van der Waals surface area contributed by atoms with Crippen LogP contribution in [-0.4, -0.2) is 0 Å². The molecule has 0 unspecified atom stereocenters. The fraction of sp³-hybridized carbons (Fsp3) is 0.222. The van der Waals surface area contributed by atoms with Crippen molar-refractivity contribution in [2.45, 2.75) is 166 Å². The minimum absolute atomic E-state index is 0. The van der Waals surface area contributed by atoms with E-state index in [4.69, 9.17) is 78.9 Å². The van der Waals surface area contributed by atoms with Gasteiger partial charge in [0.1, 0.15) is 0 Å². The first-order valence-corrected chi connectivity index (χ1v) is 38.3. The number of benzene rings is 12. The van der Waals surface area contributed by atoms with Crippen molar-refractivity contribution in [2.75, 3.05) is 0 Å². The summed E-state index contributed by atoms with van der Waals surface area (Å²) < 4.78 is 0. The Hall–Kier alpha value is -10.4. The Morgan fingerprint density at radius 1 is 0.118 bits per heavy atom. The molecule has 0 aromatic heterocycles. The molecule has 0 fully saturated rings. The number of rotatable bonds is 0. The molecule has 12 aromatic carbocycles. The Kier molecular flexibility index (Phi) is 73.1. The minimum atomic E-state index is 0. The van der Waals surface area contributed by atoms with Crippen molar-refractivity contribution in [2.24, 2.45) is 0 Å². The molecule has 0 saturated heterocycles. The molecule has 12 aromatic rings. The summed E-state index contributed by atoms with van der Waals surface area (Å²) in [5.41, 5.74) is 35.1. The second-order valence-electron chi connectivity index (χ2n) is 28.2. The second-order valence-corrected chi connectivity index (χ2v) is 28.2. The van der Waals surface area contributed by atoms with E-state index in [0.717, 1.165) is 202 Å². The fourth-order valence-corrected chi connectivity index (χ4v) is 11.8. The molecule has 0 saturated carbocycles. The van der Waals surface area contributed by atoms with Gasteiger partial charge in [-0.25, -0.2) is 58.1 Å². The average molecular weight is 2950 g/mol. The molecule has 0 bridgehead atoms. The Labute approximate surface area is 867 Å². The average Bonchev–Trinajstić information content (AvgIpc) is 3.70. The Morgan fingerprint density at radius 2 is 0.157 bits per heavy atom. The molecular weight excluding hydrogens is 2840 g/mol. The Balaban J connectivity index is -0.000000246. The summed E-state index contributed by atoms with van der Waals surface area (Å²) in [4.78, 5) is 41.0. The number of aryl methyl sites for hydroxylation is 24. The van der Waals surface area contributed by atoms with Crippen molar-refractivity contribution >= 4 is 68.2 Å². The van der Waals surface area contributed by atoms with Crippen LogP contribution in [0.5, 0.6) is 0 Å². The molecule has 12 rings (SSSR count). The summed E-state index contributed by atoms with van der Waals surface area (Å²) in [5.74, 6) is 0. The van der Waals surface area contributed by atoms with Gasteiger partial charge in [0.2, 0.25) is 0 Å². The van der Waals surface area contributed by atoms with Gasteiger partial charge in [0.15, 0.2) is 68.2 Å². The van der Waals surface area contributed by atoms with Gasteiger partial charge in [-0.05, 0) is 300 Å². The molecule has 19 heteroatoms. The van der Waals surface area contributed by atoms with Gasteiger partial charge in [-0.1, -0.05) is 218 Å². The van der Waals surface area contributed by atoms with Gasteiger partial charge >= 0.3 is 42.1 Å². The SMILES string of the molecule is [C-]#[N+]c1c(C)cccc1C.[C-]#[N+]c1c(C)cccc1C.[C-]#[N+]c1c(C)cccc1C.[C-]#[N+]c1c(C)cccc1C.[C-]#[N+]c1c(C)cccc1C.[C-]#[N+]c1c(C)cccc1C.[C-]#[N+]c1c(C)cccc1C.[C-]#[N+]c1c(C)cccc1C.[C-]#[N+]c1c(C)cccc1C.[C-]#[N+]c1c(C)cccc1C.[C-]#[N+]c1c(C)cccc1C.[C-]#[N+]c1c(C)cccc1C.[Hg].[Pt+2].[Pt+2].[Pt].[Pt].[Pt].[Pt]. The van der Waals surface area contributed by atoms with E-state index in [2.05, 4.69) is 58.1 Å². The van der Waals surface area contributed by atoms with Crippen LogP contribution in [-0.2, 0) is 154 Å². The molecule has 0 aliphatic rings. The topological polar surface area (TPSA) is 52.3 Å². The molecule has 127 heavy (non-hydrogen) atoms. The van der Waals surface area contributed by atoms with Crippen molar-refractivity contribution in [1.29, 1.82) is 0 Å². The van der Waals surface area contributed by atoms with E-state index < -0.39 is 0 Å². The second kappa shape index (κ2) is 71.6. The summed E-state index contributed by atoms with van der Waals surface area (Å²) in [6.45, 7) is 129. The van der Waals surface area contributed by atoms with Crippen molar-refractivity contribution in [1.82, 2.24) is 0 Å². The zero-order valence-corrected chi connectivity index (χ0v) is 95.9. The van der Waals surface area contributed by atoms with Crippen molar-refractivity contribution < 1.29 is 154 Å². The number of nitrogens with zero attached hydrogens (tertiary/aromatic N) is 12. The van der Waals surface area contributed by atoms with Crippen LogP contribution in [0.25, 0.3) is 58.1 Å². The van der Waals surface area contributed by atoms with Crippen molar-refractivity contribution in [3.63, 3.8) is 0 Å². The number of para-hydroxylation sites is 12. The molecule has 12 nitrogen and oxygen atoms in total. The number of hydrogen-bond donors (Lipinski definition) is 0. The third kappa shape index (κ3) is 45.2. The predicted octanol–water partition coefficient (Wildman–Crippen LogP) is 34.2. The molecule has 0 aliphatic heterocycles. The number of hydrogen-bond acceptors (Lipinski definition) is 0. The van der Waals surface area contributed by atoms with Crippen LogP contribution in [0.1, 0.15) is 134 Å². The molecule has 0 spiro atoms. The van der Waals surface area contributed by atoms with Gasteiger partial charge < -0.3 is 0 Å². The van der Waals surface area contributed by atoms with E-state index in [0.29, 0.717) is 0 Å². The van der Waals surface area contributed by atoms with Crippen molar-refractivity contribution in [3.05, 3.63) is 489 Å². The van der Waals surface area contributed by atoms with Gasteiger partial charge in [-0.2, -0.15) is 0 Å². The third-order valence-electron chi connectivity index (χ3n) is 18.6. The van der Waals surface area contributed by atoms with Gasteiger partial charge in [-0.3, -0.25) is 0 Å². The van der Waals surface area contributed by atoms with Crippen LogP contribution in [0.15, 0.2) is 218 Å². The van der Waals surface area contributed by atoms with E-state index in [1.165, 1.54) is 0 Å². The molecule has 0 aliphatic carbocycles. The summed E-state index contributed by atoms with van der Waals surface area (Å²) in [7, 11) is 0. The van der Waals surface area contributed by atoms with Crippen LogP contribution >= 0.6 is 0 Å². The van der Waals surface area contributed by atoms with E-state index in [9.17, 15) is 0 Å². The van der Waals surface area contributed by atoms with Gasteiger partial charge in [0, 0.05) is 112 Å². The first-order valence-electron chi connectivity index (χ1n) is 38.3. The van der Waals surface area contributed by atoms with E-state index in [-0.39, 0.29) is 154 Å². The van der Waals surface area contributed by atoms with Crippen LogP contribution in [0.2, 0.25) is 0 Å². The Bertz CT molecular complexity index is 4500. The van der Waals surface area contributed by atoms with Crippen LogP contribution in [0, 0.1) is 245 Å². The minimum Gasteiger partial charge on any atom is -0.238 e. The smallest absolute Gasteiger partial charge is 0.238 e. The van der Waals surface area contributed by atoms with Gasteiger partial charge in [-0.15, -0.1) is 0 Å². The quantitative estimate of drug-likeness (QED) is 0.107. The van der Waals surface area contributed by atoms with Crippen LogP contribution in [0.4, 0.5) is 68.2 Å². The standard InChI is InChI=1S/12C9H9N.Hg.6Pt/c12*1-7-5-4-6-8(2)9(7)10-3;;;;;;;/h12*4-6H,1-2H3;;;;;;;/q;;;;;;;;;;;;;;;;;2*+2. The molecule has 0 heterocycles. The van der Waals surface area contributed by atoms with Crippen LogP contribution < -0.4 is 0 Å². The molecule has 658 valence electrons. The normalized spacial score (nSPS) is 8.41. The fourth-order valence-electron chi connectivity index (χ4n) is 11.8. The zero-order chi connectivity index (χ0) is 90.7. The first-order chi connectivity index (χ1) is 57.0. The van der Waals surface area contributed by atoms with Gasteiger partial charge in [0.25, 0.3) is 0 Å². The van der Waals surface area contributed by atoms with Crippen LogP contribution in [0.3, 0.4) is 0 Å². The maximum atomic E-state index is 6.85. The van der Waals surface area contributed by atoms with Gasteiger partial charge in [0.05, 0.1) is 78.9 Å². The summed E-state index contributed by atoms with van der Waals surface area (Å²) in [5, 5.41) is 0. The molecule has 0 radical (unpaired) electrons. The Morgan fingerprint density at radius 3 is 0.181 bits per heavy atom. The maximum absolute atomic E-state index is 6.85. The predicted molar refractivity (Wildman–Crippen MR) is 506 cm³/mol. The summed E-state index contributed by atoms with van der Waals surface area (Å²) >= 11 is 0. The van der Waals surface area contributed by atoms with Crippen molar-refractivity contribution in [3.8, 4) is 0 Å². The zero-order valence-electron chi connectivity index (χ0n) is 76.8. The van der Waals surface area contributed by atoms with E-state index in [1.54, 1.807) is 0 Å². The summed E-state index contributed by atoms with van der Waals surface area (Å²) in [6, 6.07) is 70.7. The molecule has 0 atom stereocenters. The largest absolute Gasteiger partial charge is 2.00 e. The molecule has 0 N–H and O–H groups in total. The van der Waals surface area contributed by atoms with E-state index >= 15 is 0 Å². The van der Waals surface area contributed by atoms with E-state index in [1.807, 2.05) is 385 Å². The maximum Gasteiger partial charge on any atom is 2.00 e. The molecular formula is C108H108HgN12Pt6+4. The monoisotopic (exact) mass is 2940 g/mol. The third-order valence-corrected chi connectivity index (χ3v) is 18.6.